The third kappa shape index (κ3) is 2.86. The van der Waals surface area contributed by atoms with Crippen LogP contribution in [-0.2, 0) is 16.6 Å². The summed E-state index contributed by atoms with van der Waals surface area (Å²) in [7, 11) is 1.60. The number of aromatic nitrogens is 3. The van der Waals surface area contributed by atoms with E-state index in [1.54, 1.807) is 25.3 Å². The number of para-hydroxylation sites is 1. The molecule has 8 heteroatoms. The van der Waals surface area contributed by atoms with Gasteiger partial charge in [-0.2, -0.15) is 0 Å². The minimum atomic E-state index is -0.418. The zero-order chi connectivity index (χ0) is 14.5. The van der Waals surface area contributed by atoms with Gasteiger partial charge < -0.3 is 9.30 Å². The number of nitrogens with zero attached hydrogens (tertiary/aromatic N) is 4. The Balaban J connectivity index is 2.52. The molecular formula is C12H13BrN4O3. The minimum Gasteiger partial charge on any atom is -0.383 e. The fraction of sp³-hybridized carbons (Fsp3) is 0.333. The number of alkyl halides is 1. The fourth-order valence-electron chi connectivity index (χ4n) is 1.87. The molecule has 0 radical (unpaired) electrons. The van der Waals surface area contributed by atoms with Crippen molar-refractivity contribution >= 4 is 21.6 Å². The van der Waals surface area contributed by atoms with Crippen molar-refractivity contribution in [2.45, 2.75) is 11.9 Å². The molecular weight excluding hydrogens is 328 g/mol. The van der Waals surface area contributed by atoms with Gasteiger partial charge in [-0.25, -0.2) is 0 Å². The van der Waals surface area contributed by atoms with Gasteiger partial charge in [0.05, 0.1) is 22.4 Å². The second kappa shape index (κ2) is 6.58. The van der Waals surface area contributed by atoms with Crippen molar-refractivity contribution < 1.29 is 9.66 Å². The summed E-state index contributed by atoms with van der Waals surface area (Å²) in [5.41, 5.74) is 0.466. The molecule has 20 heavy (non-hydrogen) atoms. The first-order valence-electron chi connectivity index (χ1n) is 5.89. The molecule has 0 atom stereocenters. The van der Waals surface area contributed by atoms with Crippen LogP contribution in [0.15, 0.2) is 24.3 Å². The average Bonchev–Trinajstić information content (AvgIpc) is 2.87. The Morgan fingerprint density at radius 1 is 1.40 bits per heavy atom. The summed E-state index contributed by atoms with van der Waals surface area (Å²) in [6.07, 6.45) is 0. The van der Waals surface area contributed by atoms with Crippen molar-refractivity contribution in [1.29, 1.82) is 0 Å². The van der Waals surface area contributed by atoms with Crippen molar-refractivity contribution in [3.63, 3.8) is 0 Å². The number of methoxy groups -OCH3 is 1. The van der Waals surface area contributed by atoms with Crippen LogP contribution in [0.25, 0.3) is 11.4 Å². The summed E-state index contributed by atoms with van der Waals surface area (Å²) >= 11 is 3.34. The van der Waals surface area contributed by atoms with E-state index in [9.17, 15) is 10.1 Å². The molecule has 0 spiro atoms. The molecule has 0 amide bonds. The van der Waals surface area contributed by atoms with E-state index in [-0.39, 0.29) is 5.69 Å². The van der Waals surface area contributed by atoms with E-state index in [1.165, 1.54) is 6.07 Å². The highest BCUT2D eigenvalue weighted by atomic mass is 79.9. The molecule has 0 N–H and O–H groups in total. The summed E-state index contributed by atoms with van der Waals surface area (Å²) in [6.45, 7) is 1.01. The van der Waals surface area contributed by atoms with Crippen LogP contribution in [0.1, 0.15) is 5.82 Å². The van der Waals surface area contributed by atoms with Gasteiger partial charge in [-0.15, -0.1) is 10.2 Å². The predicted octanol–water partition coefficient (Wildman–Crippen LogP) is 2.39. The number of hydrogen-bond donors (Lipinski definition) is 0. The highest BCUT2D eigenvalue weighted by Crippen LogP contribution is 2.28. The van der Waals surface area contributed by atoms with Gasteiger partial charge in [0, 0.05) is 19.7 Å². The van der Waals surface area contributed by atoms with Gasteiger partial charge in [-0.05, 0) is 6.07 Å². The van der Waals surface area contributed by atoms with Gasteiger partial charge in [-0.3, -0.25) is 10.1 Å². The summed E-state index contributed by atoms with van der Waals surface area (Å²) in [5.74, 6) is 1.18. The lowest BCUT2D eigenvalue weighted by Crippen LogP contribution is -2.09. The molecule has 0 unspecified atom stereocenters. The Morgan fingerprint density at radius 2 is 2.15 bits per heavy atom. The zero-order valence-corrected chi connectivity index (χ0v) is 12.4. The van der Waals surface area contributed by atoms with Crippen LogP contribution in [0, 0.1) is 10.1 Å². The number of ether oxygens (including phenoxy) is 1. The first-order valence-corrected chi connectivity index (χ1v) is 7.02. The van der Waals surface area contributed by atoms with E-state index in [1.807, 2.05) is 4.57 Å². The Labute approximate surface area is 123 Å². The fourth-order valence-corrected chi connectivity index (χ4v) is 2.29. The highest BCUT2D eigenvalue weighted by Gasteiger charge is 2.21. The normalized spacial score (nSPS) is 10.7. The second-order valence-corrected chi connectivity index (χ2v) is 4.55. The topological polar surface area (TPSA) is 83.1 Å². The largest absolute Gasteiger partial charge is 0.383 e. The molecule has 2 aromatic rings. The van der Waals surface area contributed by atoms with Gasteiger partial charge in [-0.1, -0.05) is 28.1 Å². The average molecular weight is 341 g/mol. The molecule has 1 aromatic heterocycles. The van der Waals surface area contributed by atoms with E-state index in [0.717, 1.165) is 0 Å². The molecule has 7 nitrogen and oxygen atoms in total. The maximum Gasteiger partial charge on any atom is 0.280 e. The summed E-state index contributed by atoms with van der Waals surface area (Å²) < 4.78 is 6.88. The molecule has 0 saturated heterocycles. The molecule has 106 valence electrons. The van der Waals surface area contributed by atoms with E-state index < -0.39 is 4.92 Å². The Hall–Kier alpha value is -1.80. The van der Waals surface area contributed by atoms with Gasteiger partial charge in [0.25, 0.3) is 5.69 Å². The van der Waals surface area contributed by atoms with Crippen LogP contribution >= 0.6 is 15.9 Å². The minimum absolute atomic E-state index is 0.0136. The SMILES string of the molecule is COCCn1c(CBr)nnc1-c1ccccc1[N+](=O)[O-]. The van der Waals surface area contributed by atoms with Crippen molar-refractivity contribution in [2.24, 2.45) is 0 Å². The number of halogens is 1. The van der Waals surface area contributed by atoms with Crippen LogP contribution in [0.4, 0.5) is 5.69 Å². The molecule has 0 saturated carbocycles. The van der Waals surface area contributed by atoms with Crippen LogP contribution in [0.2, 0.25) is 0 Å². The molecule has 0 fully saturated rings. The van der Waals surface area contributed by atoms with E-state index in [0.29, 0.717) is 35.7 Å². The standard InChI is InChI=1S/C12H13BrN4O3/c1-20-7-6-16-11(8-13)14-15-12(16)9-4-2-3-5-10(9)17(18)19/h2-5H,6-8H2,1H3. The number of benzene rings is 1. The number of rotatable bonds is 6. The predicted molar refractivity (Wildman–Crippen MR) is 76.6 cm³/mol. The third-order valence-electron chi connectivity index (χ3n) is 2.81. The maximum atomic E-state index is 11.1. The van der Waals surface area contributed by atoms with Gasteiger partial charge in [0.1, 0.15) is 5.82 Å². The Kier molecular flexibility index (Phi) is 4.80. The van der Waals surface area contributed by atoms with Crippen LogP contribution in [-0.4, -0.2) is 33.4 Å². The smallest absolute Gasteiger partial charge is 0.280 e. The number of hydrogen-bond acceptors (Lipinski definition) is 5. The van der Waals surface area contributed by atoms with Crippen LogP contribution in [0.5, 0.6) is 0 Å². The molecule has 1 heterocycles. The highest BCUT2D eigenvalue weighted by molar-refractivity contribution is 9.08. The van der Waals surface area contributed by atoms with E-state index >= 15 is 0 Å². The lowest BCUT2D eigenvalue weighted by Gasteiger charge is -2.08. The van der Waals surface area contributed by atoms with Crippen molar-refractivity contribution in [3.8, 4) is 11.4 Å². The molecule has 1 aromatic carbocycles. The quantitative estimate of drug-likeness (QED) is 0.458. The van der Waals surface area contributed by atoms with Crippen LogP contribution < -0.4 is 0 Å². The van der Waals surface area contributed by atoms with Crippen molar-refractivity contribution in [2.75, 3.05) is 13.7 Å². The van der Waals surface area contributed by atoms with Gasteiger partial charge in [0.2, 0.25) is 0 Å². The first kappa shape index (κ1) is 14.6. The number of nitro benzene ring substituents is 1. The molecule has 0 aliphatic heterocycles. The zero-order valence-electron chi connectivity index (χ0n) is 10.8. The Bertz CT molecular complexity index is 614. The van der Waals surface area contributed by atoms with Crippen molar-refractivity contribution in [3.05, 3.63) is 40.2 Å². The lowest BCUT2D eigenvalue weighted by atomic mass is 10.1. The third-order valence-corrected chi connectivity index (χ3v) is 3.31. The molecule has 0 aliphatic rings. The van der Waals surface area contributed by atoms with E-state index in [2.05, 4.69) is 26.1 Å². The second-order valence-electron chi connectivity index (χ2n) is 3.99. The summed E-state index contributed by atoms with van der Waals surface area (Å²) in [6, 6.07) is 6.50. The van der Waals surface area contributed by atoms with E-state index in [4.69, 9.17) is 4.74 Å². The Morgan fingerprint density at radius 3 is 2.80 bits per heavy atom. The van der Waals surface area contributed by atoms with Crippen LogP contribution in [0.3, 0.4) is 0 Å². The van der Waals surface area contributed by atoms with Gasteiger partial charge in [0.15, 0.2) is 5.82 Å². The molecule has 2 rings (SSSR count). The maximum absolute atomic E-state index is 11.1. The monoisotopic (exact) mass is 340 g/mol. The number of nitro groups is 1. The molecule has 0 aliphatic carbocycles. The van der Waals surface area contributed by atoms with Gasteiger partial charge >= 0.3 is 0 Å². The first-order chi connectivity index (χ1) is 9.69. The summed E-state index contributed by atoms with van der Waals surface area (Å²) in [5, 5.41) is 19.8. The van der Waals surface area contributed by atoms with Crippen molar-refractivity contribution in [1.82, 2.24) is 14.8 Å². The molecule has 0 bridgehead atoms. The lowest BCUT2D eigenvalue weighted by molar-refractivity contribution is -0.384. The summed E-state index contributed by atoms with van der Waals surface area (Å²) in [4.78, 5) is 10.7.